The van der Waals surface area contributed by atoms with Crippen molar-refractivity contribution in [2.45, 2.75) is 13.0 Å². The van der Waals surface area contributed by atoms with Gasteiger partial charge < -0.3 is 9.15 Å². The normalized spacial score (nSPS) is 10.8. The summed E-state index contributed by atoms with van der Waals surface area (Å²) in [4.78, 5) is 26.7. The fourth-order valence-corrected chi connectivity index (χ4v) is 1.65. The lowest BCUT2D eigenvalue weighted by molar-refractivity contribution is -0.134. The molecular weight excluding hydrogens is 262 g/mol. The van der Waals surface area contributed by atoms with Crippen LogP contribution in [0.5, 0.6) is 0 Å². The number of aromatic nitrogens is 2. The molecule has 0 atom stereocenters. The van der Waals surface area contributed by atoms with E-state index >= 15 is 0 Å². The van der Waals surface area contributed by atoms with E-state index in [1.54, 1.807) is 6.07 Å². The molecule has 0 saturated carbocycles. The molecular formula is C13H11N3O4. The zero-order valence-corrected chi connectivity index (χ0v) is 10.7. The molecule has 0 spiro atoms. The van der Waals surface area contributed by atoms with E-state index < -0.39 is 11.7 Å². The molecule has 20 heavy (non-hydrogen) atoms. The third kappa shape index (κ3) is 2.75. The van der Waals surface area contributed by atoms with Gasteiger partial charge in [0, 0.05) is 18.8 Å². The lowest BCUT2D eigenvalue weighted by Crippen LogP contribution is -2.14. The summed E-state index contributed by atoms with van der Waals surface area (Å²) in [6, 6.07) is 3.55. The SMILES string of the molecule is COC(=O)/C=C/c1cnc2c(c1)oc(=O)n2CCC#N. The monoisotopic (exact) mass is 273 g/mol. The summed E-state index contributed by atoms with van der Waals surface area (Å²) >= 11 is 0. The second kappa shape index (κ2) is 5.84. The molecule has 0 aliphatic rings. The molecule has 102 valence electrons. The zero-order chi connectivity index (χ0) is 14.5. The van der Waals surface area contributed by atoms with Crippen LogP contribution in [0, 0.1) is 11.3 Å². The number of hydrogen-bond acceptors (Lipinski definition) is 6. The number of methoxy groups -OCH3 is 1. The Morgan fingerprint density at radius 2 is 2.45 bits per heavy atom. The first-order valence-electron chi connectivity index (χ1n) is 5.78. The van der Waals surface area contributed by atoms with Gasteiger partial charge in [-0.2, -0.15) is 5.26 Å². The van der Waals surface area contributed by atoms with Crippen molar-refractivity contribution in [2.75, 3.05) is 7.11 Å². The molecule has 2 rings (SSSR count). The third-order valence-electron chi connectivity index (χ3n) is 2.59. The number of fused-ring (bicyclic) bond motifs is 1. The molecule has 2 aromatic heterocycles. The predicted molar refractivity (Wildman–Crippen MR) is 69.5 cm³/mol. The van der Waals surface area contributed by atoms with Crippen LogP contribution in [0.3, 0.4) is 0 Å². The first-order chi connectivity index (χ1) is 9.65. The quantitative estimate of drug-likeness (QED) is 0.610. The second-order valence-electron chi connectivity index (χ2n) is 3.87. The number of carbonyl (C=O) groups is 1. The first kappa shape index (κ1) is 13.5. The van der Waals surface area contributed by atoms with Crippen LogP contribution in [-0.4, -0.2) is 22.6 Å². The highest BCUT2D eigenvalue weighted by Crippen LogP contribution is 2.13. The molecule has 0 bridgehead atoms. The van der Waals surface area contributed by atoms with Crippen molar-refractivity contribution in [2.24, 2.45) is 0 Å². The lowest BCUT2D eigenvalue weighted by Gasteiger charge is -1.97. The van der Waals surface area contributed by atoms with Gasteiger partial charge >= 0.3 is 11.7 Å². The minimum Gasteiger partial charge on any atom is -0.466 e. The first-order valence-corrected chi connectivity index (χ1v) is 5.78. The predicted octanol–water partition coefficient (Wildman–Crippen LogP) is 1.09. The van der Waals surface area contributed by atoms with E-state index in [0.717, 1.165) is 0 Å². The molecule has 0 amide bonds. The van der Waals surface area contributed by atoms with Crippen molar-refractivity contribution in [3.8, 4) is 6.07 Å². The number of esters is 1. The number of nitrogens with zero attached hydrogens (tertiary/aromatic N) is 3. The zero-order valence-electron chi connectivity index (χ0n) is 10.7. The van der Waals surface area contributed by atoms with Crippen molar-refractivity contribution >= 4 is 23.3 Å². The van der Waals surface area contributed by atoms with Gasteiger partial charge in [0.25, 0.3) is 0 Å². The number of carbonyl (C=O) groups excluding carboxylic acids is 1. The number of pyridine rings is 1. The minimum atomic E-state index is -0.558. The van der Waals surface area contributed by atoms with Gasteiger partial charge in [-0.05, 0) is 17.7 Å². The van der Waals surface area contributed by atoms with Crippen LogP contribution in [0.1, 0.15) is 12.0 Å². The molecule has 0 unspecified atom stereocenters. The van der Waals surface area contributed by atoms with Gasteiger partial charge in [-0.1, -0.05) is 0 Å². The van der Waals surface area contributed by atoms with Crippen LogP contribution >= 0.6 is 0 Å². The number of oxazole rings is 1. The number of nitriles is 1. The van der Waals surface area contributed by atoms with Crippen molar-refractivity contribution in [3.05, 3.63) is 34.5 Å². The van der Waals surface area contributed by atoms with Crippen molar-refractivity contribution in [3.63, 3.8) is 0 Å². The summed E-state index contributed by atoms with van der Waals surface area (Å²) in [6.07, 6.45) is 4.44. The van der Waals surface area contributed by atoms with E-state index in [0.29, 0.717) is 16.8 Å². The van der Waals surface area contributed by atoms with E-state index in [9.17, 15) is 9.59 Å². The van der Waals surface area contributed by atoms with Gasteiger partial charge in [0.2, 0.25) is 0 Å². The standard InChI is InChI=1S/C13H11N3O4/c1-19-11(17)4-3-9-7-10-12(15-8-9)16(6-2-5-14)13(18)20-10/h3-4,7-8H,2,6H2,1H3/b4-3+. The van der Waals surface area contributed by atoms with Gasteiger partial charge in [-0.3, -0.25) is 4.57 Å². The van der Waals surface area contributed by atoms with Gasteiger partial charge in [-0.15, -0.1) is 0 Å². The Bertz CT molecular complexity index is 764. The van der Waals surface area contributed by atoms with Crippen LogP contribution in [0.4, 0.5) is 0 Å². The van der Waals surface area contributed by atoms with Crippen LogP contribution in [-0.2, 0) is 16.1 Å². The molecule has 0 saturated heterocycles. The average Bonchev–Trinajstić information content (AvgIpc) is 2.77. The van der Waals surface area contributed by atoms with E-state index in [4.69, 9.17) is 9.68 Å². The summed E-state index contributed by atoms with van der Waals surface area (Å²) in [5, 5.41) is 8.55. The average molecular weight is 273 g/mol. The second-order valence-corrected chi connectivity index (χ2v) is 3.87. The van der Waals surface area contributed by atoms with Crippen LogP contribution < -0.4 is 5.76 Å². The Morgan fingerprint density at radius 1 is 1.65 bits per heavy atom. The molecule has 0 fully saturated rings. The summed E-state index contributed by atoms with van der Waals surface area (Å²) in [5.74, 6) is -1.05. The van der Waals surface area contributed by atoms with Crippen LogP contribution in [0.15, 0.2) is 27.6 Å². The number of hydrogen-bond donors (Lipinski definition) is 0. The molecule has 0 radical (unpaired) electrons. The van der Waals surface area contributed by atoms with Gasteiger partial charge in [0.1, 0.15) is 0 Å². The van der Waals surface area contributed by atoms with E-state index in [1.807, 2.05) is 6.07 Å². The van der Waals surface area contributed by atoms with Crippen LogP contribution in [0.25, 0.3) is 17.3 Å². The van der Waals surface area contributed by atoms with Crippen molar-refractivity contribution in [1.82, 2.24) is 9.55 Å². The smallest absolute Gasteiger partial charge is 0.421 e. The Hall–Kier alpha value is -2.88. The van der Waals surface area contributed by atoms with Gasteiger partial charge in [0.05, 0.1) is 19.6 Å². The maximum Gasteiger partial charge on any atom is 0.421 e. The molecule has 7 heteroatoms. The van der Waals surface area contributed by atoms with Crippen molar-refractivity contribution < 1.29 is 13.9 Å². The van der Waals surface area contributed by atoms with Crippen molar-refractivity contribution in [1.29, 1.82) is 5.26 Å². The molecule has 0 aliphatic carbocycles. The maximum absolute atomic E-state index is 11.6. The highest BCUT2D eigenvalue weighted by atomic mass is 16.5. The molecule has 7 nitrogen and oxygen atoms in total. The summed E-state index contributed by atoms with van der Waals surface area (Å²) < 4.78 is 10.8. The number of rotatable bonds is 4. The van der Waals surface area contributed by atoms with Gasteiger partial charge in [0.15, 0.2) is 11.2 Å². The van der Waals surface area contributed by atoms with E-state index in [-0.39, 0.29) is 13.0 Å². The fraction of sp³-hybridized carbons (Fsp3) is 0.231. The van der Waals surface area contributed by atoms with Gasteiger partial charge in [-0.25, -0.2) is 14.6 Å². The van der Waals surface area contributed by atoms with Crippen LogP contribution in [0.2, 0.25) is 0 Å². The largest absolute Gasteiger partial charge is 0.466 e. The fourth-order valence-electron chi connectivity index (χ4n) is 1.65. The Morgan fingerprint density at radius 3 is 3.15 bits per heavy atom. The third-order valence-corrected chi connectivity index (χ3v) is 2.59. The maximum atomic E-state index is 11.6. The Labute approximate surface area is 113 Å². The topological polar surface area (TPSA) is 98.1 Å². The number of ether oxygens (including phenoxy) is 1. The summed E-state index contributed by atoms with van der Waals surface area (Å²) in [7, 11) is 1.28. The molecule has 0 N–H and O–H groups in total. The lowest BCUT2D eigenvalue weighted by atomic mass is 10.2. The van der Waals surface area contributed by atoms with E-state index in [1.165, 1.54) is 30.0 Å². The summed E-state index contributed by atoms with van der Waals surface area (Å²) in [5.41, 5.74) is 1.28. The van der Waals surface area contributed by atoms with E-state index in [2.05, 4.69) is 9.72 Å². The molecule has 0 aromatic carbocycles. The molecule has 2 aromatic rings. The highest BCUT2D eigenvalue weighted by Gasteiger charge is 2.10. The molecule has 2 heterocycles. The Kier molecular flexibility index (Phi) is 3.96. The summed E-state index contributed by atoms with van der Waals surface area (Å²) in [6.45, 7) is 0.229. The Balaban J connectivity index is 2.37. The number of aryl methyl sites for hydroxylation is 1. The highest BCUT2D eigenvalue weighted by molar-refractivity contribution is 5.87. The molecule has 0 aliphatic heterocycles. The minimum absolute atomic E-state index is 0.195.